The molecule has 2 aromatic heterocycles. The molecule has 0 atom stereocenters. The van der Waals surface area contributed by atoms with E-state index in [1.807, 2.05) is 37.3 Å². The molecule has 1 N–H and O–H groups in total. The van der Waals surface area contributed by atoms with Crippen LogP contribution in [0.5, 0.6) is 0 Å². The SMILES string of the molecule is CCN1C(=O)c2ccccc2-c2n[nH]c3ccnc1c23. The normalized spacial score (nSPS) is 13.4. The maximum atomic E-state index is 12.7. The molecule has 0 saturated carbocycles. The number of hydrogen-bond acceptors (Lipinski definition) is 3. The highest BCUT2D eigenvalue weighted by Crippen LogP contribution is 2.38. The molecular weight excluding hydrogens is 252 g/mol. The van der Waals surface area contributed by atoms with Gasteiger partial charge in [-0.05, 0) is 19.1 Å². The number of pyridine rings is 1. The number of carbonyl (C=O) groups is 1. The third-order valence-electron chi connectivity index (χ3n) is 3.69. The summed E-state index contributed by atoms with van der Waals surface area (Å²) in [6.07, 6.45) is 1.70. The van der Waals surface area contributed by atoms with Gasteiger partial charge in [-0.3, -0.25) is 14.8 Å². The Labute approximate surface area is 115 Å². The van der Waals surface area contributed by atoms with E-state index in [0.717, 1.165) is 22.2 Å². The van der Waals surface area contributed by atoms with Crippen LogP contribution in [0.15, 0.2) is 36.5 Å². The van der Waals surface area contributed by atoms with E-state index in [2.05, 4.69) is 15.2 Å². The number of hydrogen-bond donors (Lipinski definition) is 1. The van der Waals surface area contributed by atoms with Crippen LogP contribution < -0.4 is 4.90 Å². The van der Waals surface area contributed by atoms with E-state index in [-0.39, 0.29) is 5.91 Å². The molecule has 1 aliphatic heterocycles. The number of H-pyrrole nitrogens is 1. The number of nitrogens with zero attached hydrogens (tertiary/aromatic N) is 3. The Hall–Kier alpha value is -2.69. The number of anilines is 1. The lowest BCUT2D eigenvalue weighted by molar-refractivity contribution is 0.0989. The van der Waals surface area contributed by atoms with E-state index in [0.29, 0.717) is 17.9 Å². The number of aromatic amines is 1. The fourth-order valence-corrected chi connectivity index (χ4v) is 2.76. The zero-order valence-electron chi connectivity index (χ0n) is 10.9. The van der Waals surface area contributed by atoms with Crippen molar-refractivity contribution in [3.05, 3.63) is 42.1 Å². The number of aromatic nitrogens is 3. The molecule has 0 aliphatic carbocycles. The molecule has 0 saturated heterocycles. The molecule has 0 radical (unpaired) electrons. The summed E-state index contributed by atoms with van der Waals surface area (Å²) in [5.41, 5.74) is 3.21. The molecule has 3 aromatic rings. The van der Waals surface area contributed by atoms with Gasteiger partial charge in [-0.15, -0.1) is 0 Å². The van der Waals surface area contributed by atoms with Crippen LogP contribution >= 0.6 is 0 Å². The largest absolute Gasteiger partial charge is 0.292 e. The Morgan fingerprint density at radius 1 is 1.20 bits per heavy atom. The zero-order valence-corrected chi connectivity index (χ0v) is 10.9. The molecule has 20 heavy (non-hydrogen) atoms. The van der Waals surface area contributed by atoms with E-state index in [1.54, 1.807) is 11.1 Å². The van der Waals surface area contributed by atoms with Crippen LogP contribution in [0.1, 0.15) is 17.3 Å². The van der Waals surface area contributed by atoms with Gasteiger partial charge in [0.2, 0.25) is 0 Å². The first kappa shape index (κ1) is 11.2. The van der Waals surface area contributed by atoms with Gasteiger partial charge in [0.15, 0.2) is 0 Å². The van der Waals surface area contributed by atoms with Crippen molar-refractivity contribution in [3.8, 4) is 11.3 Å². The van der Waals surface area contributed by atoms with Crippen molar-refractivity contribution >= 4 is 22.6 Å². The molecule has 0 fully saturated rings. The van der Waals surface area contributed by atoms with Crippen molar-refractivity contribution in [1.82, 2.24) is 15.2 Å². The second-order valence-electron chi connectivity index (χ2n) is 4.72. The highest BCUT2D eigenvalue weighted by molar-refractivity contribution is 6.18. The number of nitrogens with one attached hydrogen (secondary N) is 1. The molecule has 0 spiro atoms. The Bertz CT molecular complexity index is 837. The molecule has 3 heterocycles. The first-order valence-corrected chi connectivity index (χ1v) is 6.55. The minimum Gasteiger partial charge on any atom is -0.292 e. The zero-order chi connectivity index (χ0) is 13.7. The Morgan fingerprint density at radius 3 is 2.80 bits per heavy atom. The summed E-state index contributed by atoms with van der Waals surface area (Å²) in [4.78, 5) is 18.8. The summed E-state index contributed by atoms with van der Waals surface area (Å²) >= 11 is 0. The molecule has 98 valence electrons. The highest BCUT2D eigenvalue weighted by atomic mass is 16.2. The number of amides is 1. The minimum absolute atomic E-state index is 0.0268. The van der Waals surface area contributed by atoms with Crippen LogP contribution in [0.25, 0.3) is 22.2 Å². The second kappa shape index (κ2) is 3.90. The molecule has 0 unspecified atom stereocenters. The molecular formula is C15H12N4O. The second-order valence-corrected chi connectivity index (χ2v) is 4.72. The van der Waals surface area contributed by atoms with Gasteiger partial charge >= 0.3 is 0 Å². The molecule has 4 rings (SSSR count). The van der Waals surface area contributed by atoms with Crippen molar-refractivity contribution in [1.29, 1.82) is 0 Å². The lowest BCUT2D eigenvalue weighted by Crippen LogP contribution is -2.31. The maximum absolute atomic E-state index is 12.7. The molecule has 1 aromatic carbocycles. The average Bonchev–Trinajstić information content (AvgIpc) is 2.88. The molecule has 0 bridgehead atoms. The lowest BCUT2D eigenvalue weighted by atomic mass is 10.0. The third-order valence-corrected chi connectivity index (χ3v) is 3.69. The van der Waals surface area contributed by atoms with Crippen molar-refractivity contribution < 1.29 is 4.79 Å². The summed E-state index contributed by atoms with van der Waals surface area (Å²) in [6.45, 7) is 2.52. The van der Waals surface area contributed by atoms with Crippen LogP contribution in [0.4, 0.5) is 5.82 Å². The van der Waals surface area contributed by atoms with Crippen molar-refractivity contribution in [2.75, 3.05) is 11.4 Å². The topological polar surface area (TPSA) is 61.9 Å². The van der Waals surface area contributed by atoms with Gasteiger partial charge in [0.1, 0.15) is 11.5 Å². The van der Waals surface area contributed by atoms with Crippen molar-refractivity contribution in [2.45, 2.75) is 6.92 Å². The van der Waals surface area contributed by atoms with Gasteiger partial charge in [0, 0.05) is 23.9 Å². The number of rotatable bonds is 1. The standard InChI is InChI=1S/C15H12N4O/c1-2-19-14-12-11(7-8-16-14)17-18-13(12)9-5-3-4-6-10(9)15(19)20/h3-8H,2H2,1H3,(H,17,18). The van der Waals surface area contributed by atoms with Gasteiger partial charge in [0.05, 0.1) is 10.9 Å². The Balaban J connectivity index is 2.19. The van der Waals surface area contributed by atoms with Gasteiger partial charge < -0.3 is 0 Å². The third kappa shape index (κ3) is 1.29. The number of fused-ring (bicyclic) bond motifs is 2. The Morgan fingerprint density at radius 2 is 2.00 bits per heavy atom. The molecule has 5 nitrogen and oxygen atoms in total. The van der Waals surface area contributed by atoms with Crippen molar-refractivity contribution in [2.24, 2.45) is 0 Å². The van der Waals surface area contributed by atoms with Crippen LogP contribution in [0.3, 0.4) is 0 Å². The molecule has 1 aliphatic rings. The quantitative estimate of drug-likeness (QED) is 0.735. The first-order chi connectivity index (χ1) is 9.81. The van der Waals surface area contributed by atoms with Crippen LogP contribution in [0, 0.1) is 0 Å². The van der Waals surface area contributed by atoms with E-state index in [1.165, 1.54) is 0 Å². The molecule has 1 amide bonds. The average molecular weight is 264 g/mol. The Kier molecular flexibility index (Phi) is 2.18. The number of benzene rings is 1. The summed E-state index contributed by atoms with van der Waals surface area (Å²) < 4.78 is 0. The summed E-state index contributed by atoms with van der Waals surface area (Å²) in [7, 11) is 0. The van der Waals surface area contributed by atoms with Crippen LogP contribution in [0.2, 0.25) is 0 Å². The monoisotopic (exact) mass is 264 g/mol. The van der Waals surface area contributed by atoms with Crippen molar-refractivity contribution in [3.63, 3.8) is 0 Å². The van der Waals surface area contributed by atoms with E-state index < -0.39 is 0 Å². The summed E-state index contributed by atoms with van der Waals surface area (Å²) in [5.74, 6) is 0.649. The van der Waals surface area contributed by atoms with Gasteiger partial charge in [-0.25, -0.2) is 4.98 Å². The predicted octanol–water partition coefficient (Wildman–Crippen LogP) is 2.61. The summed E-state index contributed by atoms with van der Waals surface area (Å²) in [5, 5.41) is 8.32. The van der Waals surface area contributed by atoms with E-state index >= 15 is 0 Å². The maximum Gasteiger partial charge on any atom is 0.260 e. The van der Waals surface area contributed by atoms with Crippen LogP contribution in [-0.4, -0.2) is 27.6 Å². The van der Waals surface area contributed by atoms with Crippen LogP contribution in [-0.2, 0) is 0 Å². The fourth-order valence-electron chi connectivity index (χ4n) is 2.76. The van der Waals surface area contributed by atoms with Gasteiger partial charge in [-0.1, -0.05) is 18.2 Å². The number of carbonyl (C=O) groups excluding carboxylic acids is 1. The van der Waals surface area contributed by atoms with Gasteiger partial charge in [0.25, 0.3) is 5.91 Å². The fraction of sp³-hybridized carbons (Fsp3) is 0.133. The minimum atomic E-state index is -0.0268. The lowest BCUT2D eigenvalue weighted by Gasteiger charge is -2.19. The molecule has 5 heteroatoms. The summed E-state index contributed by atoms with van der Waals surface area (Å²) in [6, 6.07) is 9.44. The van der Waals surface area contributed by atoms with Gasteiger partial charge in [-0.2, -0.15) is 5.10 Å². The highest BCUT2D eigenvalue weighted by Gasteiger charge is 2.29. The first-order valence-electron chi connectivity index (χ1n) is 6.55. The van der Waals surface area contributed by atoms with E-state index in [4.69, 9.17) is 0 Å². The smallest absolute Gasteiger partial charge is 0.260 e. The predicted molar refractivity (Wildman–Crippen MR) is 76.7 cm³/mol. The van der Waals surface area contributed by atoms with E-state index in [9.17, 15) is 4.79 Å².